The molecule has 1 saturated carbocycles. The second kappa shape index (κ2) is 6.89. The minimum absolute atomic E-state index is 0.415. The summed E-state index contributed by atoms with van der Waals surface area (Å²) in [7, 11) is 0. The van der Waals surface area contributed by atoms with Crippen molar-refractivity contribution in [3.05, 3.63) is 48.0 Å². The first-order valence-electron chi connectivity index (χ1n) is 8.31. The predicted octanol–water partition coefficient (Wildman–Crippen LogP) is 5.31. The Hall–Kier alpha value is -1.63. The second-order valence-corrected chi connectivity index (χ2v) is 6.42. The average molecular weight is 280 g/mol. The summed E-state index contributed by atoms with van der Waals surface area (Å²) < 4.78 is 0. The highest BCUT2D eigenvalue weighted by Gasteiger charge is 2.16. The maximum absolute atomic E-state index is 12.4. The van der Waals surface area contributed by atoms with Crippen molar-refractivity contribution in [1.29, 1.82) is 0 Å². The zero-order valence-electron chi connectivity index (χ0n) is 12.7. The van der Waals surface area contributed by atoms with E-state index in [1.54, 1.807) is 0 Å². The summed E-state index contributed by atoms with van der Waals surface area (Å²) in [6.45, 7) is 0. The SMILES string of the molecule is O=C(Cc1cccc2ccccc12)CC1CCCCCC1. The van der Waals surface area contributed by atoms with Crippen LogP contribution >= 0.6 is 0 Å². The van der Waals surface area contributed by atoms with Crippen LogP contribution in [-0.2, 0) is 11.2 Å². The lowest BCUT2D eigenvalue weighted by Gasteiger charge is -2.13. The van der Waals surface area contributed by atoms with Crippen molar-refractivity contribution < 1.29 is 4.79 Å². The van der Waals surface area contributed by atoms with Gasteiger partial charge in [-0.25, -0.2) is 0 Å². The summed E-state index contributed by atoms with van der Waals surface area (Å²) in [6.07, 6.45) is 9.21. The largest absolute Gasteiger partial charge is 0.299 e. The van der Waals surface area contributed by atoms with E-state index in [0.717, 1.165) is 6.42 Å². The van der Waals surface area contributed by atoms with Gasteiger partial charge in [0.15, 0.2) is 0 Å². The Kier molecular flexibility index (Phi) is 4.69. The predicted molar refractivity (Wildman–Crippen MR) is 88.5 cm³/mol. The van der Waals surface area contributed by atoms with Crippen LogP contribution < -0.4 is 0 Å². The molecule has 0 unspecified atom stereocenters. The van der Waals surface area contributed by atoms with Crippen molar-refractivity contribution >= 4 is 16.6 Å². The summed E-state index contributed by atoms with van der Waals surface area (Å²) in [5.41, 5.74) is 1.19. The topological polar surface area (TPSA) is 17.1 Å². The minimum Gasteiger partial charge on any atom is -0.299 e. The van der Waals surface area contributed by atoms with Crippen molar-refractivity contribution in [3.63, 3.8) is 0 Å². The highest BCUT2D eigenvalue weighted by Crippen LogP contribution is 2.27. The third kappa shape index (κ3) is 3.72. The molecule has 0 N–H and O–H groups in total. The van der Waals surface area contributed by atoms with Gasteiger partial charge in [0.05, 0.1) is 0 Å². The molecular formula is C20H24O. The number of ketones is 1. The molecule has 2 aromatic carbocycles. The van der Waals surface area contributed by atoms with Crippen LogP contribution in [-0.4, -0.2) is 5.78 Å². The van der Waals surface area contributed by atoms with Gasteiger partial charge in [-0.2, -0.15) is 0 Å². The normalized spacial score (nSPS) is 16.8. The first kappa shape index (κ1) is 14.3. The van der Waals surface area contributed by atoms with Crippen LogP contribution in [0.4, 0.5) is 0 Å². The van der Waals surface area contributed by atoms with Crippen molar-refractivity contribution in [3.8, 4) is 0 Å². The lowest BCUT2D eigenvalue weighted by Crippen LogP contribution is -2.10. The molecule has 1 aliphatic carbocycles. The fourth-order valence-electron chi connectivity index (χ4n) is 3.62. The minimum atomic E-state index is 0.415. The first-order chi connectivity index (χ1) is 10.3. The highest BCUT2D eigenvalue weighted by molar-refractivity contribution is 5.90. The smallest absolute Gasteiger partial charge is 0.137 e. The lowest BCUT2D eigenvalue weighted by molar-refractivity contribution is -0.119. The van der Waals surface area contributed by atoms with Crippen LogP contribution in [0.2, 0.25) is 0 Å². The lowest BCUT2D eigenvalue weighted by atomic mass is 9.91. The molecule has 1 aliphatic rings. The van der Waals surface area contributed by atoms with Crippen molar-refractivity contribution in [1.82, 2.24) is 0 Å². The second-order valence-electron chi connectivity index (χ2n) is 6.42. The van der Waals surface area contributed by atoms with E-state index in [1.807, 2.05) is 0 Å². The molecule has 0 spiro atoms. The van der Waals surface area contributed by atoms with Gasteiger partial charge >= 0.3 is 0 Å². The van der Waals surface area contributed by atoms with E-state index in [9.17, 15) is 4.79 Å². The van der Waals surface area contributed by atoms with Gasteiger partial charge in [-0.15, -0.1) is 0 Å². The molecule has 0 aromatic heterocycles. The molecule has 0 aliphatic heterocycles. The molecule has 1 heteroatoms. The van der Waals surface area contributed by atoms with E-state index in [2.05, 4.69) is 42.5 Å². The van der Waals surface area contributed by atoms with E-state index in [0.29, 0.717) is 18.1 Å². The number of carbonyl (C=O) groups is 1. The monoisotopic (exact) mass is 280 g/mol. The number of Topliss-reactive ketones (excluding diaryl/α,β-unsaturated/α-hetero) is 1. The van der Waals surface area contributed by atoms with Gasteiger partial charge in [-0.3, -0.25) is 4.79 Å². The Morgan fingerprint density at radius 2 is 1.62 bits per heavy atom. The van der Waals surface area contributed by atoms with Crippen LogP contribution in [0.1, 0.15) is 50.5 Å². The molecule has 21 heavy (non-hydrogen) atoms. The molecule has 1 fully saturated rings. The molecule has 0 saturated heterocycles. The summed E-state index contributed by atoms with van der Waals surface area (Å²) >= 11 is 0. The first-order valence-corrected chi connectivity index (χ1v) is 8.31. The molecular weight excluding hydrogens is 256 g/mol. The van der Waals surface area contributed by atoms with E-state index >= 15 is 0 Å². The van der Waals surface area contributed by atoms with E-state index in [1.165, 1.54) is 54.9 Å². The summed E-state index contributed by atoms with van der Waals surface area (Å²) in [6, 6.07) is 14.7. The molecule has 0 amide bonds. The maximum atomic E-state index is 12.4. The van der Waals surface area contributed by atoms with E-state index < -0.39 is 0 Å². The standard InChI is InChI=1S/C20H24O/c21-19(14-16-8-3-1-2-4-9-16)15-18-12-7-11-17-10-5-6-13-20(17)18/h5-7,10-13,16H,1-4,8-9,14-15H2. The van der Waals surface area contributed by atoms with E-state index in [4.69, 9.17) is 0 Å². The summed E-state index contributed by atoms with van der Waals surface area (Å²) in [5, 5.41) is 2.46. The van der Waals surface area contributed by atoms with Gasteiger partial charge in [-0.1, -0.05) is 81.0 Å². The van der Waals surface area contributed by atoms with Gasteiger partial charge in [0, 0.05) is 12.8 Å². The van der Waals surface area contributed by atoms with Gasteiger partial charge in [0.1, 0.15) is 5.78 Å². The molecule has 0 radical (unpaired) electrons. The number of rotatable bonds is 4. The number of benzene rings is 2. The number of carbonyl (C=O) groups excluding carboxylic acids is 1. The van der Waals surface area contributed by atoms with Crippen LogP contribution in [0.25, 0.3) is 10.8 Å². The molecule has 2 aromatic rings. The molecule has 1 nitrogen and oxygen atoms in total. The molecule has 0 bridgehead atoms. The highest BCUT2D eigenvalue weighted by atomic mass is 16.1. The third-order valence-corrected chi connectivity index (χ3v) is 4.76. The Labute approximate surface area is 127 Å². The van der Waals surface area contributed by atoms with Gasteiger partial charge in [-0.05, 0) is 22.3 Å². The molecule has 0 heterocycles. The average Bonchev–Trinajstić information content (AvgIpc) is 2.76. The maximum Gasteiger partial charge on any atom is 0.137 e. The molecule has 3 rings (SSSR count). The quantitative estimate of drug-likeness (QED) is 0.693. The third-order valence-electron chi connectivity index (χ3n) is 4.76. The summed E-state index contributed by atoms with van der Waals surface area (Å²) in [4.78, 5) is 12.4. The van der Waals surface area contributed by atoms with Crippen LogP contribution in [0.15, 0.2) is 42.5 Å². The fourth-order valence-corrected chi connectivity index (χ4v) is 3.62. The molecule has 110 valence electrons. The number of fused-ring (bicyclic) bond motifs is 1. The fraction of sp³-hybridized carbons (Fsp3) is 0.450. The van der Waals surface area contributed by atoms with Gasteiger partial charge < -0.3 is 0 Å². The van der Waals surface area contributed by atoms with Crippen molar-refractivity contribution in [2.75, 3.05) is 0 Å². The number of hydrogen-bond donors (Lipinski definition) is 0. The Morgan fingerprint density at radius 1 is 0.905 bits per heavy atom. The van der Waals surface area contributed by atoms with Crippen molar-refractivity contribution in [2.24, 2.45) is 5.92 Å². The zero-order chi connectivity index (χ0) is 14.5. The van der Waals surface area contributed by atoms with E-state index in [-0.39, 0.29) is 0 Å². The Balaban J connectivity index is 1.68. The molecule has 0 atom stereocenters. The van der Waals surface area contributed by atoms with Crippen LogP contribution in [0, 0.1) is 5.92 Å². The number of hydrogen-bond acceptors (Lipinski definition) is 1. The van der Waals surface area contributed by atoms with Crippen LogP contribution in [0.5, 0.6) is 0 Å². The zero-order valence-corrected chi connectivity index (χ0v) is 12.7. The van der Waals surface area contributed by atoms with Gasteiger partial charge in [0.25, 0.3) is 0 Å². The summed E-state index contributed by atoms with van der Waals surface area (Å²) in [5.74, 6) is 1.05. The Bertz CT molecular complexity index is 601. The van der Waals surface area contributed by atoms with Gasteiger partial charge in [0.2, 0.25) is 0 Å². The van der Waals surface area contributed by atoms with Crippen molar-refractivity contribution in [2.45, 2.75) is 51.4 Å². The Morgan fingerprint density at radius 3 is 2.43 bits per heavy atom. The van der Waals surface area contributed by atoms with Crippen LogP contribution in [0.3, 0.4) is 0 Å².